The molecule has 0 spiro atoms. The number of nitrogens with zero attached hydrogens (tertiary/aromatic N) is 3. The molecule has 6 nitrogen and oxygen atoms in total. The van der Waals surface area contributed by atoms with Crippen molar-refractivity contribution in [1.82, 2.24) is 19.9 Å². The number of benzene rings is 1. The van der Waals surface area contributed by atoms with Gasteiger partial charge in [-0.05, 0) is 29.8 Å². The van der Waals surface area contributed by atoms with E-state index in [2.05, 4.69) is 15.4 Å². The Labute approximate surface area is 158 Å². The van der Waals surface area contributed by atoms with Crippen molar-refractivity contribution in [3.8, 4) is 0 Å². The van der Waals surface area contributed by atoms with Gasteiger partial charge in [0.15, 0.2) is 0 Å². The van der Waals surface area contributed by atoms with Crippen LogP contribution in [0, 0.1) is 5.82 Å². The minimum Gasteiger partial charge on any atom is -0.469 e. The summed E-state index contributed by atoms with van der Waals surface area (Å²) in [5.74, 6) is -0.194. The third-order valence-corrected chi connectivity index (χ3v) is 5.22. The molecule has 3 heterocycles. The van der Waals surface area contributed by atoms with Crippen molar-refractivity contribution in [3.63, 3.8) is 0 Å². The number of nitrogens with one attached hydrogen (secondary N) is 1. The van der Waals surface area contributed by atoms with Crippen molar-refractivity contribution < 1.29 is 13.6 Å². The number of carbonyl (C=O) groups excluding carboxylic acids is 1. The molecule has 0 bridgehead atoms. The van der Waals surface area contributed by atoms with Crippen LogP contribution in [0.25, 0.3) is 4.96 Å². The van der Waals surface area contributed by atoms with E-state index in [1.165, 1.54) is 29.8 Å². The summed E-state index contributed by atoms with van der Waals surface area (Å²) in [6, 6.07) is 9.63. The average molecular weight is 384 g/mol. The maximum Gasteiger partial charge on any atom is 0.228 e. The second-order valence-electron chi connectivity index (χ2n) is 6.11. The van der Waals surface area contributed by atoms with Gasteiger partial charge in [-0.15, -0.1) is 11.3 Å². The first kappa shape index (κ1) is 17.4. The third kappa shape index (κ3) is 3.90. The number of furan rings is 1. The number of hydrogen-bond donors (Lipinski definition) is 1. The Morgan fingerprint density at radius 2 is 2.15 bits per heavy atom. The summed E-state index contributed by atoms with van der Waals surface area (Å²) in [6.07, 6.45) is 4.15. The summed E-state index contributed by atoms with van der Waals surface area (Å²) in [5.41, 5.74) is 1.75. The van der Waals surface area contributed by atoms with E-state index < -0.39 is 5.92 Å². The van der Waals surface area contributed by atoms with Gasteiger partial charge in [0, 0.05) is 24.8 Å². The Morgan fingerprint density at radius 1 is 1.30 bits per heavy atom. The molecule has 1 aromatic carbocycles. The van der Waals surface area contributed by atoms with Crippen molar-refractivity contribution in [3.05, 3.63) is 77.2 Å². The Bertz CT molecular complexity index is 1020. The Balaban J connectivity index is 1.44. The number of halogens is 1. The maximum atomic E-state index is 13.3. The number of fused-ring (bicyclic) bond motifs is 1. The van der Waals surface area contributed by atoms with Gasteiger partial charge in [0.25, 0.3) is 0 Å². The summed E-state index contributed by atoms with van der Waals surface area (Å²) in [6.45, 7) is 0.473. The molecule has 1 atom stereocenters. The lowest BCUT2D eigenvalue weighted by Gasteiger charge is -2.16. The molecule has 0 aliphatic rings. The Morgan fingerprint density at radius 3 is 2.93 bits per heavy atom. The lowest BCUT2D eigenvalue weighted by Crippen LogP contribution is -2.32. The number of amides is 1. The van der Waals surface area contributed by atoms with Crippen LogP contribution in [0.2, 0.25) is 0 Å². The SMILES string of the molecule is O=C(NCCc1csc2ncnn12)C(Cc1ccco1)c1ccc(F)cc1. The summed E-state index contributed by atoms with van der Waals surface area (Å²) in [5, 5.41) is 9.13. The van der Waals surface area contributed by atoms with Crippen LogP contribution >= 0.6 is 11.3 Å². The largest absolute Gasteiger partial charge is 0.469 e. The topological polar surface area (TPSA) is 72.4 Å². The number of hydrogen-bond acceptors (Lipinski definition) is 5. The van der Waals surface area contributed by atoms with Gasteiger partial charge in [-0.2, -0.15) is 5.10 Å². The fraction of sp³-hybridized carbons (Fsp3) is 0.211. The highest BCUT2D eigenvalue weighted by molar-refractivity contribution is 7.15. The molecule has 8 heteroatoms. The molecular formula is C19H17FN4O2S. The van der Waals surface area contributed by atoms with Crippen LogP contribution in [0.4, 0.5) is 4.39 Å². The molecule has 0 saturated carbocycles. The van der Waals surface area contributed by atoms with Gasteiger partial charge in [0.05, 0.1) is 17.9 Å². The molecule has 138 valence electrons. The van der Waals surface area contributed by atoms with E-state index in [1.54, 1.807) is 29.0 Å². The average Bonchev–Trinajstić information content (AvgIpc) is 3.40. The zero-order valence-electron chi connectivity index (χ0n) is 14.3. The molecule has 4 aromatic rings. The summed E-state index contributed by atoms with van der Waals surface area (Å²) in [7, 11) is 0. The second-order valence-corrected chi connectivity index (χ2v) is 6.95. The summed E-state index contributed by atoms with van der Waals surface area (Å²) < 4.78 is 20.4. The van der Waals surface area contributed by atoms with E-state index in [1.807, 2.05) is 11.4 Å². The van der Waals surface area contributed by atoms with E-state index in [0.29, 0.717) is 25.1 Å². The first-order valence-electron chi connectivity index (χ1n) is 8.52. The molecule has 1 amide bonds. The standard InChI is InChI=1S/C19H17FN4O2S/c20-14-5-3-13(4-6-14)17(10-16-2-1-9-26-16)18(25)21-8-7-15-11-27-19-22-12-23-24(15)19/h1-6,9,11-12,17H,7-8,10H2,(H,21,25). The van der Waals surface area contributed by atoms with Gasteiger partial charge in [-0.25, -0.2) is 13.9 Å². The van der Waals surface area contributed by atoms with Gasteiger partial charge < -0.3 is 9.73 Å². The monoisotopic (exact) mass is 384 g/mol. The smallest absolute Gasteiger partial charge is 0.228 e. The van der Waals surface area contributed by atoms with Crippen molar-refractivity contribution in [2.24, 2.45) is 0 Å². The van der Waals surface area contributed by atoms with Crippen LogP contribution < -0.4 is 5.32 Å². The predicted octanol–water partition coefficient (Wildman–Crippen LogP) is 3.21. The molecule has 0 saturated heterocycles. The van der Waals surface area contributed by atoms with E-state index in [-0.39, 0.29) is 11.7 Å². The highest BCUT2D eigenvalue weighted by Crippen LogP contribution is 2.22. The van der Waals surface area contributed by atoms with Gasteiger partial charge in [-0.3, -0.25) is 4.79 Å². The molecule has 0 aliphatic carbocycles. The lowest BCUT2D eigenvalue weighted by atomic mass is 9.93. The van der Waals surface area contributed by atoms with Crippen LogP contribution in [0.3, 0.4) is 0 Å². The minimum absolute atomic E-state index is 0.122. The minimum atomic E-state index is -0.453. The van der Waals surface area contributed by atoms with Crippen LogP contribution in [-0.2, 0) is 17.6 Å². The van der Waals surface area contributed by atoms with Gasteiger partial charge in [0.2, 0.25) is 10.9 Å². The number of carbonyl (C=O) groups is 1. The third-order valence-electron chi connectivity index (χ3n) is 4.34. The molecule has 4 rings (SSSR count). The van der Waals surface area contributed by atoms with E-state index in [9.17, 15) is 9.18 Å². The fourth-order valence-corrected chi connectivity index (χ4v) is 3.80. The van der Waals surface area contributed by atoms with Crippen molar-refractivity contribution in [2.45, 2.75) is 18.8 Å². The molecule has 0 radical (unpaired) electrons. The van der Waals surface area contributed by atoms with Crippen molar-refractivity contribution in [2.75, 3.05) is 6.54 Å². The Kier molecular flexibility index (Phi) is 4.97. The summed E-state index contributed by atoms with van der Waals surface area (Å²) >= 11 is 1.52. The zero-order chi connectivity index (χ0) is 18.6. The lowest BCUT2D eigenvalue weighted by molar-refractivity contribution is -0.122. The highest BCUT2D eigenvalue weighted by atomic mass is 32.1. The Hall–Kier alpha value is -3.00. The van der Waals surface area contributed by atoms with Crippen molar-refractivity contribution >= 4 is 22.2 Å². The predicted molar refractivity (Wildman–Crippen MR) is 99.1 cm³/mol. The second kappa shape index (κ2) is 7.71. The molecular weight excluding hydrogens is 367 g/mol. The molecule has 27 heavy (non-hydrogen) atoms. The van der Waals surface area contributed by atoms with Gasteiger partial charge in [-0.1, -0.05) is 12.1 Å². The first-order chi connectivity index (χ1) is 13.2. The molecule has 0 aliphatic heterocycles. The summed E-state index contributed by atoms with van der Waals surface area (Å²) in [4.78, 5) is 17.8. The van der Waals surface area contributed by atoms with Gasteiger partial charge in [0.1, 0.15) is 17.9 Å². The van der Waals surface area contributed by atoms with E-state index in [0.717, 1.165) is 16.2 Å². The molecule has 3 aromatic heterocycles. The van der Waals surface area contributed by atoms with Gasteiger partial charge >= 0.3 is 0 Å². The fourth-order valence-electron chi connectivity index (χ4n) is 2.97. The van der Waals surface area contributed by atoms with Crippen LogP contribution in [0.5, 0.6) is 0 Å². The number of thiazole rings is 1. The normalized spacial score (nSPS) is 12.3. The van der Waals surface area contributed by atoms with Crippen LogP contribution in [0.1, 0.15) is 22.9 Å². The molecule has 0 fully saturated rings. The van der Waals surface area contributed by atoms with Crippen molar-refractivity contribution in [1.29, 1.82) is 0 Å². The van der Waals surface area contributed by atoms with E-state index in [4.69, 9.17) is 4.42 Å². The number of aromatic nitrogens is 3. The maximum absolute atomic E-state index is 13.3. The van der Waals surface area contributed by atoms with Crippen LogP contribution in [0.15, 0.2) is 58.8 Å². The van der Waals surface area contributed by atoms with Crippen LogP contribution in [-0.4, -0.2) is 27.0 Å². The first-order valence-corrected chi connectivity index (χ1v) is 9.40. The zero-order valence-corrected chi connectivity index (χ0v) is 15.2. The van der Waals surface area contributed by atoms with E-state index >= 15 is 0 Å². The molecule has 1 N–H and O–H groups in total. The highest BCUT2D eigenvalue weighted by Gasteiger charge is 2.22. The number of rotatable bonds is 7. The molecule has 1 unspecified atom stereocenters. The quantitative estimate of drug-likeness (QED) is 0.531.